The molecule has 3 saturated heterocycles. The van der Waals surface area contributed by atoms with Crippen LogP contribution in [0.2, 0.25) is 0 Å². The van der Waals surface area contributed by atoms with Crippen LogP contribution in [0, 0.1) is 25.6 Å². The van der Waals surface area contributed by atoms with Crippen LogP contribution in [0.25, 0.3) is 10.9 Å². The van der Waals surface area contributed by atoms with Crippen molar-refractivity contribution in [3.05, 3.63) is 112 Å². The molecule has 3 fully saturated rings. The first-order valence-electron chi connectivity index (χ1n) is 26.1. The first-order valence-corrected chi connectivity index (χ1v) is 28.4. The molecule has 4 N–H and O–H groups in total. The maximum atomic E-state index is 14.5. The van der Waals surface area contributed by atoms with Crippen molar-refractivity contribution in [3.63, 3.8) is 0 Å². The highest BCUT2D eigenvalue weighted by Gasteiger charge is 2.42. The van der Waals surface area contributed by atoms with E-state index in [2.05, 4.69) is 67.4 Å². The number of benzene rings is 2. The highest BCUT2D eigenvalue weighted by Crippen LogP contribution is 2.39. The fraction of sp³-hybridized carbons (Fsp3) is 0.444. The minimum absolute atomic E-state index is 0.0673. The Balaban J connectivity index is 0.770. The number of piperazine rings is 1. The number of nitrogens with zero attached hydrogens (tertiary/aromatic N) is 10. The van der Waals surface area contributed by atoms with E-state index < -0.39 is 38.4 Å². The summed E-state index contributed by atoms with van der Waals surface area (Å²) in [5.41, 5.74) is 3.18. The molecule has 3 amide bonds. The van der Waals surface area contributed by atoms with Crippen LogP contribution in [0.1, 0.15) is 102 Å². The van der Waals surface area contributed by atoms with Crippen molar-refractivity contribution in [2.24, 2.45) is 5.92 Å². The lowest BCUT2D eigenvalue weighted by Crippen LogP contribution is -2.55. The van der Waals surface area contributed by atoms with Crippen molar-refractivity contribution < 1.29 is 36.7 Å². The smallest absolute Gasteiger partial charge is 0.274 e. The molecular formula is C54H65FN14O7S2. The van der Waals surface area contributed by atoms with Gasteiger partial charge in [-0.3, -0.25) is 29.2 Å². The molecule has 78 heavy (non-hydrogen) atoms. The van der Waals surface area contributed by atoms with E-state index >= 15 is 0 Å². The van der Waals surface area contributed by atoms with Crippen molar-refractivity contribution in [2.45, 2.75) is 88.4 Å². The number of carbonyl (C=O) groups is 4. The zero-order chi connectivity index (χ0) is 55.5. The molecule has 3 aliphatic rings. The lowest BCUT2D eigenvalue weighted by atomic mass is 9.88. The minimum atomic E-state index is -3.85. The van der Waals surface area contributed by atoms with E-state index in [0.29, 0.717) is 104 Å². The monoisotopic (exact) mass is 1100 g/mol. The van der Waals surface area contributed by atoms with Crippen molar-refractivity contribution in [1.82, 2.24) is 60.5 Å². The SMILES string of the molecule is C=C(NC)C(=O)N[C@H](C(=O)N1CCC[C@H]1c1nc(C(=O)c2ccc(F)cc2)cs1)C1CCN(C(=O)c2cnc(N3CCN(CCCOc4cc5ncnc(Nc6n[nH]c(C)c6C)c5cc4S(=O)(=O)C(C)(C)C)CC3)cn2)CC1. The molecule has 2 aromatic carbocycles. The van der Waals surface area contributed by atoms with Gasteiger partial charge in [-0.25, -0.2) is 37.7 Å². The number of fused-ring (bicyclic) bond motifs is 1. The number of sulfone groups is 1. The molecule has 21 nitrogen and oxygen atoms in total. The molecule has 0 radical (unpaired) electrons. The number of likely N-dealkylation sites (N-methyl/N-ethyl adjacent to an activating group) is 1. The van der Waals surface area contributed by atoms with E-state index in [4.69, 9.17) is 4.74 Å². The molecule has 0 saturated carbocycles. The van der Waals surface area contributed by atoms with Crippen LogP contribution in [0.3, 0.4) is 0 Å². The van der Waals surface area contributed by atoms with Crippen LogP contribution in [0.5, 0.6) is 5.75 Å². The van der Waals surface area contributed by atoms with E-state index in [1.807, 2.05) is 13.8 Å². The summed E-state index contributed by atoms with van der Waals surface area (Å²) in [4.78, 5) is 85.4. The molecule has 0 spiro atoms. The number of H-pyrrole nitrogens is 1. The molecule has 9 rings (SSSR count). The molecule has 2 atom stereocenters. The molecule has 7 heterocycles. The fourth-order valence-electron chi connectivity index (χ4n) is 9.88. The molecule has 4 aromatic heterocycles. The predicted molar refractivity (Wildman–Crippen MR) is 293 cm³/mol. The molecule has 0 unspecified atom stereocenters. The van der Waals surface area contributed by atoms with Gasteiger partial charge in [0.05, 0.1) is 41.0 Å². The van der Waals surface area contributed by atoms with Crippen molar-refractivity contribution >= 4 is 73.0 Å². The number of rotatable bonds is 18. The number of likely N-dealkylation sites (tertiary alicyclic amines) is 2. The first-order chi connectivity index (χ1) is 37.3. The fourth-order valence-corrected chi connectivity index (χ4v) is 12.1. The van der Waals surface area contributed by atoms with Crippen LogP contribution >= 0.6 is 11.3 Å². The molecular weight excluding hydrogens is 1040 g/mol. The van der Waals surface area contributed by atoms with Crippen LogP contribution in [0.15, 0.2) is 77.7 Å². The summed E-state index contributed by atoms with van der Waals surface area (Å²) in [6.45, 7) is 17.6. The molecule has 3 aliphatic heterocycles. The third-order valence-electron chi connectivity index (χ3n) is 14.8. The van der Waals surface area contributed by atoms with Gasteiger partial charge >= 0.3 is 0 Å². The third kappa shape index (κ3) is 11.8. The Morgan fingerprint density at radius 1 is 0.923 bits per heavy atom. The number of nitrogens with one attached hydrogen (secondary N) is 4. The number of aryl methyl sites for hydroxylation is 1. The quantitative estimate of drug-likeness (QED) is 0.0442. The number of thiazole rings is 1. The largest absolute Gasteiger partial charge is 0.492 e. The topological polar surface area (TPSA) is 254 Å². The summed E-state index contributed by atoms with van der Waals surface area (Å²) in [5, 5.41) is 19.0. The van der Waals surface area contributed by atoms with E-state index in [0.717, 1.165) is 30.9 Å². The Bertz CT molecular complexity index is 3310. The van der Waals surface area contributed by atoms with Crippen LogP contribution in [0.4, 0.5) is 21.8 Å². The summed E-state index contributed by atoms with van der Waals surface area (Å²) in [6.07, 6.45) is 7.39. The Labute approximate surface area is 456 Å². The van der Waals surface area contributed by atoms with Crippen LogP contribution < -0.4 is 25.6 Å². The summed E-state index contributed by atoms with van der Waals surface area (Å²) < 4.78 is 46.6. The van der Waals surface area contributed by atoms with Gasteiger partial charge in [0.15, 0.2) is 15.7 Å². The number of aromatic amines is 1. The Morgan fingerprint density at radius 3 is 2.33 bits per heavy atom. The molecule has 0 bridgehead atoms. The number of amides is 3. The Kier molecular flexibility index (Phi) is 16.5. The van der Waals surface area contributed by atoms with Crippen LogP contribution in [-0.2, 0) is 19.4 Å². The average molecular weight is 1110 g/mol. The second-order valence-corrected chi connectivity index (χ2v) is 24.4. The summed E-state index contributed by atoms with van der Waals surface area (Å²) in [7, 11) is -2.27. The summed E-state index contributed by atoms with van der Waals surface area (Å²) in [6, 6.07) is 7.21. The Hall–Kier alpha value is -7.44. The minimum Gasteiger partial charge on any atom is -0.492 e. The normalized spacial score (nSPS) is 17.0. The third-order valence-corrected chi connectivity index (χ3v) is 18.3. The van der Waals surface area contributed by atoms with Gasteiger partial charge in [0.25, 0.3) is 11.8 Å². The van der Waals surface area contributed by atoms with Gasteiger partial charge in [0, 0.05) is 93.1 Å². The standard InChI is InChI=1S/C54H65FN14O7S2/c1-32-33(2)64-65-48(32)63-49-38-26-44(78(74,75)54(4,5)6)43(27-39(38)59-31-60-49)76-25-9-17-66-21-23-67(24-22-66)45-29-57-40(28-58-45)52(72)68-19-15-35(16-20-68)46(62-50(71)34(3)56-7)53(73)69-18-8-10-42(69)51-61-41(30-77-51)47(70)36-11-13-37(55)14-12-36/h11-14,26-31,35,42,46,56H,3,8-10,15-25H2,1-2,4-7H3,(H,62,71)(H2,59,60,63,64,65)/t42-,46-/m0/s1. The van der Waals surface area contributed by atoms with Gasteiger partial charge in [0.1, 0.15) is 56.9 Å². The number of hydrogen-bond acceptors (Lipinski definition) is 18. The van der Waals surface area contributed by atoms with E-state index in [1.54, 1.807) is 61.3 Å². The van der Waals surface area contributed by atoms with Gasteiger partial charge in [-0.2, -0.15) is 5.10 Å². The van der Waals surface area contributed by atoms with E-state index in [9.17, 15) is 32.0 Å². The first kappa shape index (κ1) is 55.3. The number of aromatic nitrogens is 7. The highest BCUT2D eigenvalue weighted by atomic mass is 32.2. The number of ketones is 1. The maximum Gasteiger partial charge on any atom is 0.274 e. The summed E-state index contributed by atoms with van der Waals surface area (Å²) in [5.74, 6) is -0.235. The van der Waals surface area contributed by atoms with E-state index in [-0.39, 0.29) is 57.9 Å². The average Bonchev–Trinajstić information content (AvgIpc) is 4.25. The van der Waals surface area contributed by atoms with Gasteiger partial charge in [-0.1, -0.05) is 6.58 Å². The van der Waals surface area contributed by atoms with Gasteiger partial charge in [-0.15, -0.1) is 11.3 Å². The zero-order valence-electron chi connectivity index (χ0n) is 44.6. The lowest BCUT2D eigenvalue weighted by molar-refractivity contribution is -0.138. The lowest BCUT2D eigenvalue weighted by Gasteiger charge is -2.38. The van der Waals surface area contributed by atoms with Gasteiger partial charge < -0.3 is 35.4 Å². The van der Waals surface area contributed by atoms with Gasteiger partial charge in [-0.05, 0) is 103 Å². The second-order valence-electron chi connectivity index (χ2n) is 20.8. The molecule has 6 aromatic rings. The maximum absolute atomic E-state index is 14.5. The number of halogens is 1. The second kappa shape index (κ2) is 23.3. The number of anilines is 3. The Morgan fingerprint density at radius 2 is 1.67 bits per heavy atom. The number of piperidine rings is 1. The number of carbonyl (C=O) groups excluding carboxylic acids is 4. The van der Waals surface area contributed by atoms with Crippen LogP contribution in [-0.4, -0.2) is 159 Å². The predicted octanol–water partition coefficient (Wildman–Crippen LogP) is 5.93. The number of ether oxygens (including phenoxy) is 1. The molecule has 412 valence electrons. The van der Waals surface area contributed by atoms with E-state index in [1.165, 1.54) is 48.1 Å². The molecule has 24 heteroatoms. The van der Waals surface area contributed by atoms with Gasteiger partial charge in [0.2, 0.25) is 11.7 Å². The van der Waals surface area contributed by atoms with Crippen molar-refractivity contribution in [3.8, 4) is 5.75 Å². The van der Waals surface area contributed by atoms with Crippen molar-refractivity contribution in [1.29, 1.82) is 0 Å². The zero-order valence-corrected chi connectivity index (χ0v) is 46.3. The summed E-state index contributed by atoms with van der Waals surface area (Å²) >= 11 is 1.28. The van der Waals surface area contributed by atoms with Crippen molar-refractivity contribution in [2.75, 3.05) is 76.2 Å². The highest BCUT2D eigenvalue weighted by molar-refractivity contribution is 7.92. The number of hydrogen-bond donors (Lipinski definition) is 4. The molecule has 0 aliphatic carbocycles.